The molecule has 0 aliphatic heterocycles. The Morgan fingerprint density at radius 2 is 2.16 bits per heavy atom. The molecule has 3 N–H and O–H groups in total. The molecule has 0 aliphatic carbocycles. The minimum atomic E-state index is -0.212. The smallest absolute Gasteiger partial charge is 0.257 e. The minimum absolute atomic E-state index is 0.0479. The van der Waals surface area contributed by atoms with Crippen LogP contribution in [0.3, 0.4) is 0 Å². The highest BCUT2D eigenvalue weighted by molar-refractivity contribution is 5.77. The second-order valence-corrected chi connectivity index (χ2v) is 3.79. The predicted octanol–water partition coefficient (Wildman–Crippen LogP) is 0.389. The van der Waals surface area contributed by atoms with E-state index in [1.54, 1.807) is 24.3 Å². The average Bonchev–Trinajstić information content (AvgIpc) is 2.91. The monoisotopic (exact) mass is 262 g/mol. The number of anilines is 1. The van der Waals surface area contributed by atoms with E-state index in [1.807, 2.05) is 0 Å². The molecule has 0 aliphatic rings. The third-order valence-electron chi connectivity index (χ3n) is 2.32. The Morgan fingerprint density at radius 3 is 2.84 bits per heavy atom. The average molecular weight is 262 g/mol. The largest absolute Gasteiger partial charge is 0.484 e. The molecule has 1 amide bonds. The number of benzene rings is 1. The van der Waals surface area contributed by atoms with Gasteiger partial charge in [-0.2, -0.15) is 4.98 Å². The lowest BCUT2D eigenvalue weighted by molar-refractivity contribution is -0.123. The molecular formula is C12H14N4O3. The summed E-state index contributed by atoms with van der Waals surface area (Å²) in [5.41, 5.74) is 6.19. The summed E-state index contributed by atoms with van der Waals surface area (Å²) >= 11 is 0. The molecule has 1 aromatic heterocycles. The van der Waals surface area contributed by atoms with Gasteiger partial charge in [-0.15, -0.1) is 0 Å². The lowest BCUT2D eigenvalue weighted by atomic mass is 10.3. The molecule has 0 saturated carbocycles. The number of amides is 1. The molecule has 0 bridgehead atoms. The van der Waals surface area contributed by atoms with E-state index in [2.05, 4.69) is 15.5 Å². The van der Waals surface area contributed by atoms with Crippen molar-refractivity contribution < 1.29 is 14.1 Å². The summed E-state index contributed by atoms with van der Waals surface area (Å²) in [5.74, 6) is 0.873. The van der Waals surface area contributed by atoms with Crippen LogP contribution in [0.4, 0.5) is 5.69 Å². The standard InChI is InChI=1S/C12H14N4O3/c13-9-1-3-10(4-2-9)18-7-11(17)14-6-5-12-15-8-16-19-12/h1-4,8H,5-7,13H2,(H,14,17). The number of carbonyl (C=O) groups is 1. The fourth-order valence-corrected chi connectivity index (χ4v) is 1.38. The summed E-state index contributed by atoms with van der Waals surface area (Å²) in [6.45, 7) is 0.375. The first-order valence-electron chi connectivity index (χ1n) is 5.74. The van der Waals surface area contributed by atoms with Crippen LogP contribution in [-0.4, -0.2) is 29.2 Å². The van der Waals surface area contributed by atoms with Gasteiger partial charge in [0.25, 0.3) is 5.91 Å². The Labute approximate surface area is 109 Å². The van der Waals surface area contributed by atoms with Crippen molar-refractivity contribution in [2.45, 2.75) is 6.42 Å². The first-order chi connectivity index (χ1) is 9.24. The third-order valence-corrected chi connectivity index (χ3v) is 2.32. The molecule has 0 saturated heterocycles. The van der Waals surface area contributed by atoms with Crippen LogP contribution in [0.15, 0.2) is 35.1 Å². The highest BCUT2D eigenvalue weighted by Crippen LogP contribution is 2.12. The van der Waals surface area contributed by atoms with Crippen LogP contribution in [0.2, 0.25) is 0 Å². The second-order valence-electron chi connectivity index (χ2n) is 3.79. The zero-order chi connectivity index (χ0) is 13.5. The number of carbonyl (C=O) groups excluding carboxylic acids is 1. The van der Waals surface area contributed by atoms with Gasteiger partial charge in [0.2, 0.25) is 5.89 Å². The summed E-state index contributed by atoms with van der Waals surface area (Å²) in [5, 5.41) is 6.16. The van der Waals surface area contributed by atoms with Gasteiger partial charge in [-0.3, -0.25) is 4.79 Å². The molecule has 100 valence electrons. The lowest BCUT2D eigenvalue weighted by Crippen LogP contribution is -2.30. The van der Waals surface area contributed by atoms with E-state index < -0.39 is 0 Å². The number of rotatable bonds is 6. The topological polar surface area (TPSA) is 103 Å². The van der Waals surface area contributed by atoms with Gasteiger partial charge >= 0.3 is 0 Å². The molecule has 2 aromatic rings. The van der Waals surface area contributed by atoms with Crippen molar-refractivity contribution in [3.8, 4) is 5.75 Å². The van der Waals surface area contributed by atoms with Crippen LogP contribution >= 0.6 is 0 Å². The van der Waals surface area contributed by atoms with Crippen LogP contribution in [0.5, 0.6) is 5.75 Å². The first-order valence-corrected chi connectivity index (χ1v) is 5.74. The van der Waals surface area contributed by atoms with Crippen LogP contribution in [0, 0.1) is 0 Å². The van der Waals surface area contributed by atoms with Crippen LogP contribution in [-0.2, 0) is 11.2 Å². The molecule has 1 heterocycles. The predicted molar refractivity (Wildman–Crippen MR) is 67.4 cm³/mol. The zero-order valence-electron chi connectivity index (χ0n) is 10.2. The molecule has 7 nitrogen and oxygen atoms in total. The quantitative estimate of drug-likeness (QED) is 0.730. The maximum Gasteiger partial charge on any atom is 0.257 e. The van der Waals surface area contributed by atoms with Crippen molar-refractivity contribution in [2.24, 2.45) is 0 Å². The van der Waals surface area contributed by atoms with Gasteiger partial charge in [0, 0.05) is 18.7 Å². The molecule has 2 rings (SSSR count). The molecule has 7 heteroatoms. The van der Waals surface area contributed by atoms with Crippen LogP contribution < -0.4 is 15.8 Å². The lowest BCUT2D eigenvalue weighted by Gasteiger charge is -2.06. The van der Waals surface area contributed by atoms with Gasteiger partial charge < -0.3 is 20.3 Å². The molecule has 0 spiro atoms. The van der Waals surface area contributed by atoms with Crippen molar-refractivity contribution in [1.29, 1.82) is 0 Å². The third kappa shape index (κ3) is 4.30. The minimum Gasteiger partial charge on any atom is -0.484 e. The van der Waals surface area contributed by atoms with E-state index in [4.69, 9.17) is 15.0 Å². The van der Waals surface area contributed by atoms with Gasteiger partial charge in [-0.25, -0.2) is 0 Å². The van der Waals surface area contributed by atoms with Crippen LogP contribution in [0.25, 0.3) is 0 Å². The summed E-state index contributed by atoms with van der Waals surface area (Å²) in [6, 6.07) is 6.84. The highest BCUT2D eigenvalue weighted by Gasteiger charge is 2.04. The molecule has 0 radical (unpaired) electrons. The van der Waals surface area contributed by atoms with Crippen LogP contribution in [0.1, 0.15) is 5.89 Å². The molecule has 0 unspecified atom stereocenters. The number of nitrogens with two attached hydrogens (primary N) is 1. The van der Waals surface area contributed by atoms with E-state index in [1.165, 1.54) is 6.33 Å². The van der Waals surface area contributed by atoms with Gasteiger partial charge in [-0.1, -0.05) is 5.16 Å². The van der Waals surface area contributed by atoms with E-state index in [-0.39, 0.29) is 12.5 Å². The van der Waals surface area contributed by atoms with E-state index in [0.29, 0.717) is 30.3 Å². The van der Waals surface area contributed by atoms with Crippen molar-refractivity contribution in [3.05, 3.63) is 36.5 Å². The normalized spacial score (nSPS) is 10.1. The summed E-state index contributed by atoms with van der Waals surface area (Å²) in [6.07, 6.45) is 1.81. The Hall–Kier alpha value is -2.57. The number of nitrogens with zero attached hydrogens (tertiary/aromatic N) is 2. The van der Waals surface area contributed by atoms with Gasteiger partial charge in [0.15, 0.2) is 12.9 Å². The van der Waals surface area contributed by atoms with Gasteiger partial charge in [0.1, 0.15) is 5.75 Å². The maximum atomic E-state index is 11.5. The Balaban J connectivity index is 1.65. The Morgan fingerprint density at radius 1 is 1.37 bits per heavy atom. The molecule has 0 atom stereocenters. The fraction of sp³-hybridized carbons (Fsp3) is 0.250. The van der Waals surface area contributed by atoms with Crippen molar-refractivity contribution in [3.63, 3.8) is 0 Å². The number of aromatic nitrogens is 2. The molecule has 19 heavy (non-hydrogen) atoms. The van der Waals surface area contributed by atoms with Crippen molar-refractivity contribution >= 4 is 11.6 Å². The Kier molecular flexibility index (Phi) is 4.33. The maximum absolute atomic E-state index is 11.5. The van der Waals surface area contributed by atoms with Gasteiger partial charge in [0.05, 0.1) is 0 Å². The zero-order valence-corrected chi connectivity index (χ0v) is 10.2. The SMILES string of the molecule is Nc1ccc(OCC(=O)NCCc2ncno2)cc1. The van der Waals surface area contributed by atoms with E-state index in [0.717, 1.165) is 0 Å². The fourth-order valence-electron chi connectivity index (χ4n) is 1.38. The molecule has 0 fully saturated rings. The summed E-state index contributed by atoms with van der Waals surface area (Å²) in [7, 11) is 0. The number of nitrogen functional groups attached to an aromatic ring is 1. The first kappa shape index (κ1) is 12.9. The van der Waals surface area contributed by atoms with Crippen molar-refractivity contribution in [2.75, 3.05) is 18.9 Å². The van der Waals surface area contributed by atoms with Crippen molar-refractivity contribution in [1.82, 2.24) is 15.5 Å². The summed E-state index contributed by atoms with van der Waals surface area (Å²) in [4.78, 5) is 15.3. The number of ether oxygens (including phenoxy) is 1. The van der Waals surface area contributed by atoms with Gasteiger partial charge in [-0.05, 0) is 24.3 Å². The highest BCUT2D eigenvalue weighted by atomic mass is 16.5. The molecular weight excluding hydrogens is 248 g/mol. The summed E-state index contributed by atoms with van der Waals surface area (Å²) < 4.78 is 10.1. The van der Waals surface area contributed by atoms with E-state index in [9.17, 15) is 4.79 Å². The number of nitrogens with one attached hydrogen (secondary N) is 1. The second kappa shape index (κ2) is 6.39. The molecule has 1 aromatic carbocycles. The number of hydrogen-bond acceptors (Lipinski definition) is 6. The van der Waals surface area contributed by atoms with E-state index >= 15 is 0 Å². The Bertz CT molecular complexity index is 510. The number of hydrogen-bond donors (Lipinski definition) is 2.